The summed E-state index contributed by atoms with van der Waals surface area (Å²) in [4.78, 5) is 31.0. The van der Waals surface area contributed by atoms with Crippen LogP contribution in [0.1, 0.15) is 29.7 Å². The summed E-state index contributed by atoms with van der Waals surface area (Å²) in [6.07, 6.45) is 5.22. The lowest BCUT2D eigenvalue weighted by Crippen LogP contribution is -2.31. The largest absolute Gasteiger partial charge is 0.480 e. The number of rotatable bonds is 8. The van der Waals surface area contributed by atoms with Gasteiger partial charge in [-0.3, -0.25) is 10.1 Å². The number of tetrazole rings is 1. The number of thioether (sulfide) groups is 1. The van der Waals surface area contributed by atoms with Gasteiger partial charge in [-0.1, -0.05) is 17.8 Å². The minimum atomic E-state index is -1.02. The second-order valence-electron chi connectivity index (χ2n) is 7.58. The molecule has 0 saturated carbocycles. The fourth-order valence-corrected chi connectivity index (χ4v) is 5.19. The van der Waals surface area contributed by atoms with Crippen LogP contribution in [0.25, 0.3) is 0 Å². The Morgan fingerprint density at radius 2 is 2.03 bits per heavy atom. The molecule has 3 N–H and O–H groups in total. The van der Waals surface area contributed by atoms with Gasteiger partial charge in [0.25, 0.3) is 0 Å². The van der Waals surface area contributed by atoms with Crippen LogP contribution in [-0.4, -0.2) is 55.4 Å². The number of anilines is 3. The average molecular weight is 489 g/mol. The Labute approximate surface area is 198 Å². The highest BCUT2D eigenvalue weighted by Crippen LogP contribution is 2.30. The predicted molar refractivity (Wildman–Crippen MR) is 127 cm³/mol. The molecule has 1 aliphatic rings. The van der Waals surface area contributed by atoms with Crippen molar-refractivity contribution in [3.8, 4) is 0 Å². The van der Waals surface area contributed by atoms with Crippen molar-refractivity contribution in [2.45, 2.75) is 43.6 Å². The molecule has 1 saturated heterocycles. The van der Waals surface area contributed by atoms with Crippen LogP contribution in [0.15, 0.2) is 29.6 Å². The van der Waals surface area contributed by atoms with Crippen LogP contribution in [0.2, 0.25) is 0 Å². The first kappa shape index (κ1) is 23.0. The van der Waals surface area contributed by atoms with Crippen LogP contribution in [0.3, 0.4) is 0 Å². The summed E-state index contributed by atoms with van der Waals surface area (Å²) in [5.41, 5.74) is 2.97. The maximum Gasteiger partial charge on any atom is 0.325 e. The molecule has 3 aromatic rings. The van der Waals surface area contributed by atoms with Gasteiger partial charge in [-0.2, -0.15) is 0 Å². The zero-order valence-corrected chi connectivity index (χ0v) is 19.7. The Bertz CT molecular complexity index is 1130. The molecule has 0 aliphatic carbocycles. The van der Waals surface area contributed by atoms with Crippen LogP contribution in [0.4, 0.5) is 21.3 Å². The van der Waals surface area contributed by atoms with Crippen molar-refractivity contribution in [2.24, 2.45) is 0 Å². The molecule has 1 fully saturated rings. The van der Waals surface area contributed by atoms with Crippen LogP contribution in [0, 0.1) is 6.92 Å². The molecule has 1 aliphatic heterocycles. The first-order chi connectivity index (χ1) is 16.0. The first-order valence-electron chi connectivity index (χ1n) is 10.5. The number of urea groups is 1. The predicted octanol–water partition coefficient (Wildman–Crippen LogP) is 3.45. The number of thiazole rings is 1. The van der Waals surface area contributed by atoms with Gasteiger partial charge in [0.1, 0.15) is 6.54 Å². The highest BCUT2D eigenvalue weighted by atomic mass is 32.2. The summed E-state index contributed by atoms with van der Waals surface area (Å²) in [5, 5.41) is 26.6. The molecule has 1 aromatic carbocycles. The minimum absolute atomic E-state index is 0.302. The number of carbonyl (C=O) groups excluding carboxylic acids is 1. The molecule has 0 radical (unpaired) electrons. The molecule has 4 rings (SSSR count). The van der Waals surface area contributed by atoms with Gasteiger partial charge in [-0.15, -0.1) is 16.4 Å². The number of carboxylic acids is 1. The molecule has 174 valence electrons. The second kappa shape index (κ2) is 10.6. The van der Waals surface area contributed by atoms with Gasteiger partial charge in [-0.25, -0.2) is 14.5 Å². The lowest BCUT2D eigenvalue weighted by molar-refractivity contribution is -0.138. The average Bonchev–Trinajstić information content (AvgIpc) is 3.42. The summed E-state index contributed by atoms with van der Waals surface area (Å²) in [6.45, 7) is 3.72. The lowest BCUT2D eigenvalue weighted by Gasteiger charge is -2.30. The van der Waals surface area contributed by atoms with Crippen LogP contribution < -0.4 is 15.5 Å². The van der Waals surface area contributed by atoms with Gasteiger partial charge in [-0.05, 0) is 54.3 Å². The van der Waals surface area contributed by atoms with Gasteiger partial charge >= 0.3 is 12.0 Å². The Morgan fingerprint density at radius 3 is 2.82 bits per heavy atom. The summed E-state index contributed by atoms with van der Waals surface area (Å²) in [6, 6.07) is 5.68. The number of hydrogen-bond donors (Lipinski definition) is 3. The number of piperidine rings is 1. The van der Waals surface area contributed by atoms with Crippen LogP contribution in [0.5, 0.6) is 0 Å². The fourth-order valence-electron chi connectivity index (χ4n) is 3.49. The molecule has 11 nitrogen and oxygen atoms in total. The van der Waals surface area contributed by atoms with E-state index in [0.717, 1.165) is 47.7 Å². The summed E-state index contributed by atoms with van der Waals surface area (Å²) >= 11 is 2.64. The summed E-state index contributed by atoms with van der Waals surface area (Å²) < 4.78 is 1.22. The molecule has 2 aromatic heterocycles. The van der Waals surface area contributed by atoms with E-state index in [1.807, 2.05) is 19.1 Å². The van der Waals surface area contributed by atoms with Crippen molar-refractivity contribution in [1.29, 1.82) is 0 Å². The van der Waals surface area contributed by atoms with Crippen molar-refractivity contribution in [3.05, 3.63) is 34.8 Å². The van der Waals surface area contributed by atoms with Crippen LogP contribution >= 0.6 is 23.1 Å². The number of hydrogen-bond acceptors (Lipinski definition) is 9. The third-order valence-electron chi connectivity index (χ3n) is 5.00. The Balaban J connectivity index is 1.35. The van der Waals surface area contributed by atoms with Crippen molar-refractivity contribution in [2.75, 3.05) is 28.6 Å². The number of amides is 2. The van der Waals surface area contributed by atoms with Gasteiger partial charge in [0.15, 0.2) is 5.13 Å². The van der Waals surface area contributed by atoms with Gasteiger partial charge < -0.3 is 15.3 Å². The fraction of sp³-hybridized carbons (Fsp3) is 0.400. The molecule has 3 heterocycles. The normalized spacial score (nSPS) is 13.7. The number of aromatic nitrogens is 5. The number of aryl methyl sites for hydroxylation is 1. The van der Waals surface area contributed by atoms with Crippen molar-refractivity contribution >= 4 is 51.6 Å². The van der Waals surface area contributed by atoms with E-state index in [1.54, 1.807) is 6.20 Å². The molecule has 0 unspecified atom stereocenters. The topological polar surface area (TPSA) is 138 Å². The number of carboxylic acid groups (broad SMARTS) is 1. The molecule has 2 amide bonds. The van der Waals surface area contributed by atoms with E-state index < -0.39 is 5.97 Å². The minimum Gasteiger partial charge on any atom is -0.480 e. The lowest BCUT2D eigenvalue weighted by atomic mass is 10.1. The van der Waals surface area contributed by atoms with E-state index in [4.69, 9.17) is 5.11 Å². The van der Waals surface area contributed by atoms with E-state index in [9.17, 15) is 9.59 Å². The Kier molecular flexibility index (Phi) is 7.40. The maximum atomic E-state index is 12.6. The van der Waals surface area contributed by atoms with E-state index in [1.165, 1.54) is 34.2 Å². The number of nitrogens with zero attached hydrogens (tertiary/aromatic N) is 6. The number of carbonyl (C=O) groups is 2. The number of nitrogens with one attached hydrogen (secondary N) is 2. The molecular formula is C20H24N8O3S2. The first-order valence-corrected chi connectivity index (χ1v) is 12.3. The molecule has 33 heavy (non-hydrogen) atoms. The molecule has 0 bridgehead atoms. The van der Waals surface area contributed by atoms with E-state index >= 15 is 0 Å². The van der Waals surface area contributed by atoms with Crippen molar-refractivity contribution < 1.29 is 14.7 Å². The van der Waals surface area contributed by atoms with Gasteiger partial charge in [0, 0.05) is 29.9 Å². The smallest absolute Gasteiger partial charge is 0.325 e. The summed E-state index contributed by atoms with van der Waals surface area (Å²) in [5.74, 6) is -0.519. The maximum absolute atomic E-state index is 12.6. The van der Waals surface area contributed by atoms with Crippen molar-refractivity contribution in [3.63, 3.8) is 0 Å². The van der Waals surface area contributed by atoms with Gasteiger partial charge in [0.2, 0.25) is 5.16 Å². The van der Waals surface area contributed by atoms with Crippen molar-refractivity contribution in [1.82, 2.24) is 25.2 Å². The highest BCUT2D eigenvalue weighted by molar-refractivity contribution is 7.98. The molecule has 0 spiro atoms. The SMILES string of the molecule is Cc1ccc(NC(=O)Nc2ncc(CSc3nnnn3CC(=O)O)s2)c(N2CCCCC2)c1. The number of benzene rings is 1. The third kappa shape index (κ3) is 6.20. The van der Waals surface area contributed by atoms with Gasteiger partial charge in [0.05, 0.1) is 11.4 Å². The van der Waals surface area contributed by atoms with Crippen LogP contribution in [-0.2, 0) is 17.1 Å². The zero-order valence-electron chi connectivity index (χ0n) is 18.0. The van der Waals surface area contributed by atoms with E-state index in [-0.39, 0.29) is 12.6 Å². The standard InChI is InChI=1S/C20H24N8O3S2/c1-13-5-6-15(16(9-13)27-7-3-2-4-8-27)22-18(31)23-19-21-10-14(33-19)12-32-20-24-25-26-28(20)11-17(29)30/h5-6,9-10H,2-4,7-8,11-12H2,1H3,(H,29,30)(H2,21,22,23,31). The Hall–Kier alpha value is -3.19. The van der Waals surface area contributed by atoms with E-state index in [0.29, 0.717) is 16.0 Å². The number of aliphatic carboxylic acids is 1. The summed E-state index contributed by atoms with van der Waals surface area (Å²) in [7, 11) is 0. The molecule has 0 atom stereocenters. The molecular weight excluding hydrogens is 464 g/mol. The van der Waals surface area contributed by atoms with E-state index in [2.05, 4.69) is 42.1 Å². The highest BCUT2D eigenvalue weighted by Gasteiger charge is 2.17. The zero-order chi connectivity index (χ0) is 23.2. The molecule has 13 heteroatoms. The monoisotopic (exact) mass is 488 g/mol. The quantitative estimate of drug-likeness (QED) is 0.407. The Morgan fingerprint density at radius 1 is 1.21 bits per heavy atom. The second-order valence-corrected chi connectivity index (χ2v) is 9.64. The third-order valence-corrected chi connectivity index (χ3v) is 7.10.